The smallest absolute Gasteiger partial charge is 0.402 e. The van der Waals surface area contributed by atoms with E-state index in [1.165, 1.54) is 83.5 Å². The van der Waals surface area contributed by atoms with Gasteiger partial charge in [-0.3, -0.25) is 4.79 Å². The third-order valence-electron chi connectivity index (χ3n) is 7.53. The molecule has 1 atom stereocenters. The van der Waals surface area contributed by atoms with E-state index in [1.807, 2.05) is 6.92 Å². The number of carbonyl (C=O) groups excluding carboxylic acids is 1. The standard InChI is InChI=1S/C25H51O4Si2/c1-7-10-12-17-21-31(22-18-13-11-8-2,23-19-15-14-16-20-23)29-24(26)25(4,9-3)30(27-5)28-6/h23H,7-22H2,1-6H3. The second-order valence-corrected chi connectivity index (χ2v) is 16.4. The van der Waals surface area contributed by atoms with Crippen LogP contribution in [-0.4, -0.2) is 37.8 Å². The summed E-state index contributed by atoms with van der Waals surface area (Å²) in [6, 6.07) is 2.30. The molecule has 0 bridgehead atoms. The Morgan fingerprint density at radius 2 is 1.39 bits per heavy atom. The average molecular weight is 472 g/mol. The van der Waals surface area contributed by atoms with E-state index < -0.39 is 22.6 Å². The fraction of sp³-hybridized carbons (Fsp3) is 0.960. The van der Waals surface area contributed by atoms with Crippen molar-refractivity contribution in [3.8, 4) is 0 Å². The minimum Gasteiger partial charge on any atom is -0.518 e. The van der Waals surface area contributed by atoms with Gasteiger partial charge in [0.2, 0.25) is 0 Å². The van der Waals surface area contributed by atoms with Crippen molar-refractivity contribution in [3.05, 3.63) is 0 Å². The normalized spacial score (nSPS) is 17.6. The maximum Gasteiger partial charge on any atom is 0.402 e. The molecule has 1 saturated carbocycles. The Morgan fingerprint density at radius 3 is 1.81 bits per heavy atom. The monoisotopic (exact) mass is 471 g/mol. The van der Waals surface area contributed by atoms with E-state index in [2.05, 4.69) is 20.8 Å². The summed E-state index contributed by atoms with van der Waals surface area (Å²) >= 11 is 0. The van der Waals surface area contributed by atoms with E-state index in [4.69, 9.17) is 13.3 Å². The molecular weight excluding hydrogens is 420 g/mol. The van der Waals surface area contributed by atoms with Crippen LogP contribution in [0.15, 0.2) is 0 Å². The highest BCUT2D eigenvalue weighted by Crippen LogP contribution is 2.46. The highest BCUT2D eigenvalue weighted by Gasteiger charge is 2.52. The van der Waals surface area contributed by atoms with Crippen LogP contribution in [0.25, 0.3) is 0 Å². The summed E-state index contributed by atoms with van der Waals surface area (Å²) in [5, 5.41) is -0.659. The SMILES string of the molecule is CCCCCC[Si](CCCCCC)(OC(=O)C(C)(CC)[Si](OC)OC)C1CCCCC1. The van der Waals surface area contributed by atoms with Gasteiger partial charge in [-0.05, 0) is 43.8 Å². The molecule has 1 rings (SSSR count). The third kappa shape index (κ3) is 8.60. The second kappa shape index (κ2) is 15.6. The summed E-state index contributed by atoms with van der Waals surface area (Å²) < 4.78 is 18.2. The number of hydrogen-bond donors (Lipinski definition) is 0. The Kier molecular flexibility index (Phi) is 14.5. The molecule has 31 heavy (non-hydrogen) atoms. The topological polar surface area (TPSA) is 44.8 Å². The molecule has 6 heteroatoms. The van der Waals surface area contributed by atoms with E-state index in [1.54, 1.807) is 14.2 Å². The molecule has 0 spiro atoms. The van der Waals surface area contributed by atoms with Crippen molar-refractivity contribution in [1.29, 1.82) is 0 Å². The molecule has 1 aliphatic rings. The molecule has 0 aliphatic heterocycles. The Morgan fingerprint density at radius 1 is 0.871 bits per heavy atom. The zero-order valence-corrected chi connectivity index (χ0v) is 23.5. The number of hydrogen-bond acceptors (Lipinski definition) is 4. The minimum absolute atomic E-state index is 0.0317. The lowest BCUT2D eigenvalue weighted by atomic mass is 10.0. The maximum atomic E-state index is 13.8. The molecule has 0 saturated heterocycles. The van der Waals surface area contributed by atoms with Gasteiger partial charge in [0, 0.05) is 14.2 Å². The minimum atomic E-state index is -2.20. The molecule has 1 fully saturated rings. The summed E-state index contributed by atoms with van der Waals surface area (Å²) in [4.78, 5) is 13.8. The molecule has 0 aromatic carbocycles. The fourth-order valence-corrected chi connectivity index (χ4v) is 12.1. The Balaban J connectivity index is 3.16. The van der Waals surface area contributed by atoms with Gasteiger partial charge in [-0.15, -0.1) is 0 Å². The van der Waals surface area contributed by atoms with Crippen LogP contribution in [0, 0.1) is 0 Å². The molecule has 0 amide bonds. The van der Waals surface area contributed by atoms with Gasteiger partial charge in [-0.1, -0.05) is 91.4 Å². The first-order valence-electron chi connectivity index (χ1n) is 13.1. The number of unbranched alkanes of at least 4 members (excludes halogenated alkanes) is 6. The predicted molar refractivity (Wildman–Crippen MR) is 135 cm³/mol. The van der Waals surface area contributed by atoms with Gasteiger partial charge in [-0.2, -0.15) is 0 Å². The molecule has 1 unspecified atom stereocenters. The second-order valence-electron chi connectivity index (χ2n) is 9.79. The van der Waals surface area contributed by atoms with Crippen molar-refractivity contribution < 1.29 is 18.1 Å². The largest absolute Gasteiger partial charge is 0.518 e. The number of carbonyl (C=O) groups is 1. The van der Waals surface area contributed by atoms with E-state index in [-0.39, 0.29) is 5.97 Å². The lowest BCUT2D eigenvalue weighted by Gasteiger charge is -2.43. The van der Waals surface area contributed by atoms with Crippen molar-refractivity contribution in [3.63, 3.8) is 0 Å². The van der Waals surface area contributed by atoms with Crippen molar-refractivity contribution in [2.24, 2.45) is 0 Å². The van der Waals surface area contributed by atoms with Crippen LogP contribution in [0.1, 0.15) is 118 Å². The molecule has 0 heterocycles. The van der Waals surface area contributed by atoms with E-state index >= 15 is 0 Å². The summed E-state index contributed by atoms with van der Waals surface area (Å²) in [6.07, 6.45) is 17.2. The summed E-state index contributed by atoms with van der Waals surface area (Å²) in [5.41, 5.74) is 0.635. The Hall–Kier alpha value is -0.176. The predicted octanol–water partition coefficient (Wildman–Crippen LogP) is 7.92. The third-order valence-corrected chi connectivity index (χ3v) is 14.8. The molecule has 4 nitrogen and oxygen atoms in total. The highest BCUT2D eigenvalue weighted by molar-refractivity contribution is 6.77. The van der Waals surface area contributed by atoms with Crippen molar-refractivity contribution in [2.75, 3.05) is 14.2 Å². The molecule has 1 aliphatic carbocycles. The van der Waals surface area contributed by atoms with E-state index in [0.717, 1.165) is 12.1 Å². The number of rotatable bonds is 17. The fourth-order valence-electron chi connectivity index (χ4n) is 5.25. The van der Waals surface area contributed by atoms with Crippen LogP contribution in [0.5, 0.6) is 0 Å². The molecule has 183 valence electrons. The van der Waals surface area contributed by atoms with Crippen LogP contribution < -0.4 is 0 Å². The van der Waals surface area contributed by atoms with Crippen LogP contribution in [-0.2, 0) is 18.1 Å². The van der Waals surface area contributed by atoms with Gasteiger partial charge < -0.3 is 13.3 Å². The Bertz CT molecular complexity index is 466. The van der Waals surface area contributed by atoms with Crippen LogP contribution in [0.2, 0.25) is 22.7 Å². The summed E-state index contributed by atoms with van der Waals surface area (Å²) in [7, 11) is -0.587. The van der Waals surface area contributed by atoms with Gasteiger partial charge >= 0.3 is 9.28 Å². The molecular formula is C25H51O4Si2. The first kappa shape index (κ1) is 28.9. The van der Waals surface area contributed by atoms with E-state index in [9.17, 15) is 4.79 Å². The van der Waals surface area contributed by atoms with Gasteiger partial charge in [0.1, 0.15) is 5.04 Å². The van der Waals surface area contributed by atoms with Gasteiger partial charge in [-0.25, -0.2) is 0 Å². The van der Waals surface area contributed by atoms with Crippen LogP contribution in [0.4, 0.5) is 0 Å². The zero-order chi connectivity index (χ0) is 23.2. The maximum absolute atomic E-state index is 13.8. The quantitative estimate of drug-likeness (QED) is 0.160. The van der Waals surface area contributed by atoms with Crippen molar-refractivity contribution in [1.82, 2.24) is 0 Å². The lowest BCUT2D eigenvalue weighted by Crippen LogP contribution is -2.50. The molecule has 1 radical (unpaired) electrons. The lowest BCUT2D eigenvalue weighted by molar-refractivity contribution is -0.139. The van der Waals surface area contributed by atoms with E-state index in [0.29, 0.717) is 12.0 Å². The van der Waals surface area contributed by atoms with Gasteiger partial charge in [0.05, 0.1) is 0 Å². The zero-order valence-electron chi connectivity index (χ0n) is 21.5. The summed E-state index contributed by atoms with van der Waals surface area (Å²) in [5.74, 6) is -0.0317. The average Bonchev–Trinajstić information content (AvgIpc) is 2.80. The van der Waals surface area contributed by atoms with Crippen LogP contribution >= 0.6 is 0 Å². The van der Waals surface area contributed by atoms with Gasteiger partial charge in [0.25, 0.3) is 14.3 Å². The van der Waals surface area contributed by atoms with Crippen molar-refractivity contribution in [2.45, 2.75) is 140 Å². The van der Waals surface area contributed by atoms with Crippen LogP contribution in [0.3, 0.4) is 0 Å². The van der Waals surface area contributed by atoms with Gasteiger partial charge in [0.15, 0.2) is 0 Å². The molecule has 0 N–H and O–H groups in total. The molecule has 0 aromatic rings. The first-order valence-corrected chi connectivity index (χ1v) is 16.8. The molecule has 0 aromatic heterocycles. The van der Waals surface area contributed by atoms with Crippen molar-refractivity contribution >= 4 is 23.6 Å². The highest BCUT2D eigenvalue weighted by atomic mass is 28.4. The first-order chi connectivity index (χ1) is 14.9. The summed E-state index contributed by atoms with van der Waals surface area (Å²) in [6.45, 7) is 8.60. The Labute approximate surface area is 196 Å².